The van der Waals surface area contributed by atoms with Gasteiger partial charge in [-0.3, -0.25) is 19.4 Å². The molecule has 1 saturated carbocycles. The Morgan fingerprint density at radius 2 is 1.97 bits per heavy atom. The Labute approximate surface area is 207 Å². The molecule has 0 radical (unpaired) electrons. The smallest absolute Gasteiger partial charge is 0.472 e. The number of aliphatic carboxylic acids is 1. The van der Waals surface area contributed by atoms with Crippen molar-refractivity contribution in [2.45, 2.75) is 71.3 Å². The summed E-state index contributed by atoms with van der Waals surface area (Å²) in [7, 11) is 0. The molecular weight excluding hydrogens is 483 g/mol. The number of nitriles is 1. The van der Waals surface area contributed by atoms with Crippen LogP contribution in [-0.2, 0) is 19.2 Å². The molecule has 0 spiro atoms. The van der Waals surface area contributed by atoms with Crippen molar-refractivity contribution in [2.75, 3.05) is 13.1 Å². The topological polar surface area (TPSA) is 143 Å². The van der Waals surface area contributed by atoms with Gasteiger partial charge in [-0.2, -0.15) is 18.4 Å². The standard InChI is InChI=1S/C23H32F3N5O5/c1-11(2)7-15(20(34)35)31(21(36)23(24,25)26)30-10-14-16(22(14,3)4)17(30)19(33)29-13(9-27)8-12-5-6-28-18(12)32/h11-17H,5-8,10H2,1-4H3,(H,28,32)(H,29,33)(H,34,35)/t12-,13-,14-,15-,16-,17-/m0/s1. The Bertz CT molecular complexity index is 963. The van der Waals surface area contributed by atoms with Gasteiger partial charge in [0.1, 0.15) is 18.1 Å². The second kappa shape index (κ2) is 9.88. The zero-order valence-electron chi connectivity index (χ0n) is 20.6. The van der Waals surface area contributed by atoms with E-state index < -0.39 is 59.3 Å². The summed E-state index contributed by atoms with van der Waals surface area (Å²) in [5, 5.41) is 25.6. The highest BCUT2D eigenvalue weighted by Gasteiger charge is 2.71. The molecule has 3 aliphatic rings. The fourth-order valence-electron chi connectivity index (χ4n) is 5.66. The lowest BCUT2D eigenvalue weighted by atomic mass is 9.97. The molecule has 0 bridgehead atoms. The minimum Gasteiger partial charge on any atom is -0.480 e. The van der Waals surface area contributed by atoms with Crippen LogP contribution in [0.1, 0.15) is 47.0 Å². The van der Waals surface area contributed by atoms with Crippen molar-refractivity contribution in [1.82, 2.24) is 20.7 Å². The molecule has 36 heavy (non-hydrogen) atoms. The lowest BCUT2D eigenvalue weighted by Gasteiger charge is -2.42. The number of hydrogen-bond donors (Lipinski definition) is 3. The number of rotatable bonds is 9. The number of carboxylic acids is 1. The van der Waals surface area contributed by atoms with Crippen LogP contribution in [0.5, 0.6) is 0 Å². The van der Waals surface area contributed by atoms with Crippen molar-refractivity contribution >= 4 is 23.7 Å². The van der Waals surface area contributed by atoms with Crippen molar-refractivity contribution < 1.29 is 37.5 Å². The van der Waals surface area contributed by atoms with Crippen molar-refractivity contribution in [3.63, 3.8) is 0 Å². The van der Waals surface area contributed by atoms with Crippen LogP contribution in [0.15, 0.2) is 0 Å². The molecule has 0 aromatic heterocycles. The van der Waals surface area contributed by atoms with Crippen molar-refractivity contribution in [1.29, 1.82) is 5.26 Å². The molecule has 3 amide bonds. The second-order valence-electron chi connectivity index (χ2n) is 10.9. The number of hydrazine groups is 1. The molecule has 2 heterocycles. The summed E-state index contributed by atoms with van der Waals surface area (Å²) >= 11 is 0. The van der Waals surface area contributed by atoms with E-state index in [1.54, 1.807) is 13.8 Å². The molecule has 2 saturated heterocycles. The first-order valence-electron chi connectivity index (χ1n) is 12.0. The first kappa shape index (κ1) is 27.7. The van der Waals surface area contributed by atoms with Gasteiger partial charge in [-0.05, 0) is 42.4 Å². The summed E-state index contributed by atoms with van der Waals surface area (Å²) in [6.07, 6.45) is -5.09. The molecule has 10 nitrogen and oxygen atoms in total. The molecule has 1 aliphatic carbocycles. The molecule has 13 heteroatoms. The molecule has 0 unspecified atom stereocenters. The molecule has 3 fully saturated rings. The lowest BCUT2D eigenvalue weighted by molar-refractivity contribution is -0.214. The van der Waals surface area contributed by atoms with Gasteiger partial charge < -0.3 is 15.7 Å². The zero-order valence-corrected chi connectivity index (χ0v) is 20.6. The SMILES string of the molecule is CC(C)C[C@@H](C(=O)O)N(C(=O)C(F)(F)F)N1C[C@H]2[C@@H]([C@H]1C(=O)N[C@H](C#N)C[C@@H]1CCNC1=O)C2(C)C. The number of fused-ring (bicyclic) bond motifs is 1. The van der Waals surface area contributed by atoms with E-state index in [2.05, 4.69) is 10.6 Å². The van der Waals surface area contributed by atoms with Gasteiger partial charge in [-0.15, -0.1) is 0 Å². The summed E-state index contributed by atoms with van der Waals surface area (Å²) < 4.78 is 40.9. The third-order valence-electron chi connectivity index (χ3n) is 7.61. The third kappa shape index (κ3) is 5.28. The monoisotopic (exact) mass is 515 g/mol. The minimum absolute atomic E-state index is 0.0363. The maximum absolute atomic E-state index is 13.6. The van der Waals surface area contributed by atoms with E-state index in [-0.39, 0.29) is 42.1 Å². The van der Waals surface area contributed by atoms with E-state index in [9.17, 15) is 42.7 Å². The number of carboxylic acid groups (broad SMARTS) is 1. The van der Waals surface area contributed by atoms with Crippen molar-refractivity contribution in [3.05, 3.63) is 0 Å². The number of nitrogens with zero attached hydrogens (tertiary/aromatic N) is 3. The molecular formula is C23H32F3N5O5. The first-order chi connectivity index (χ1) is 16.6. The van der Waals surface area contributed by atoms with Crippen LogP contribution in [-0.4, -0.2) is 76.2 Å². The fourth-order valence-corrected chi connectivity index (χ4v) is 5.66. The molecule has 6 atom stereocenters. The lowest BCUT2D eigenvalue weighted by Crippen LogP contribution is -2.64. The predicted octanol–water partition coefficient (Wildman–Crippen LogP) is 1.28. The van der Waals surface area contributed by atoms with E-state index in [1.807, 2.05) is 19.9 Å². The molecule has 200 valence electrons. The summed E-state index contributed by atoms with van der Waals surface area (Å²) in [6.45, 7) is 7.29. The number of amides is 3. The van der Waals surface area contributed by atoms with Crippen LogP contribution in [0.4, 0.5) is 13.2 Å². The maximum atomic E-state index is 13.6. The largest absolute Gasteiger partial charge is 0.480 e. The third-order valence-corrected chi connectivity index (χ3v) is 7.61. The number of carbonyl (C=O) groups is 4. The first-order valence-corrected chi connectivity index (χ1v) is 12.0. The number of halogens is 3. The van der Waals surface area contributed by atoms with E-state index in [1.165, 1.54) is 0 Å². The number of carbonyl (C=O) groups excluding carboxylic acids is 3. The van der Waals surface area contributed by atoms with Crippen LogP contribution < -0.4 is 10.6 Å². The Morgan fingerprint density at radius 3 is 2.44 bits per heavy atom. The van der Waals surface area contributed by atoms with E-state index in [0.717, 1.165) is 5.01 Å². The fraction of sp³-hybridized carbons (Fsp3) is 0.783. The van der Waals surface area contributed by atoms with E-state index in [4.69, 9.17) is 0 Å². The van der Waals surface area contributed by atoms with Crippen molar-refractivity contribution in [3.8, 4) is 6.07 Å². The summed E-state index contributed by atoms with van der Waals surface area (Å²) in [4.78, 5) is 49.9. The average Bonchev–Trinajstić information content (AvgIpc) is 3.10. The maximum Gasteiger partial charge on any atom is 0.472 e. The quantitative estimate of drug-likeness (QED) is 0.420. The Morgan fingerprint density at radius 1 is 1.33 bits per heavy atom. The highest BCUT2D eigenvalue weighted by Crippen LogP contribution is 2.65. The van der Waals surface area contributed by atoms with Gasteiger partial charge in [0.25, 0.3) is 0 Å². The van der Waals surface area contributed by atoms with Gasteiger partial charge in [0.2, 0.25) is 11.8 Å². The van der Waals surface area contributed by atoms with Gasteiger partial charge in [-0.1, -0.05) is 27.7 Å². The highest BCUT2D eigenvalue weighted by atomic mass is 19.4. The molecule has 3 N–H and O–H groups in total. The Hall–Kier alpha value is -2.88. The summed E-state index contributed by atoms with van der Waals surface area (Å²) in [6, 6.07) is -2.26. The van der Waals surface area contributed by atoms with Crippen LogP contribution in [0.25, 0.3) is 0 Å². The second-order valence-corrected chi connectivity index (χ2v) is 10.9. The van der Waals surface area contributed by atoms with Gasteiger partial charge >= 0.3 is 18.1 Å². The Kier molecular flexibility index (Phi) is 7.60. The normalized spacial score (nSPS) is 28.6. The van der Waals surface area contributed by atoms with Crippen LogP contribution in [0.3, 0.4) is 0 Å². The number of alkyl halides is 3. The Balaban J connectivity index is 1.93. The van der Waals surface area contributed by atoms with Gasteiger partial charge in [0.05, 0.1) is 6.07 Å². The minimum atomic E-state index is -5.36. The summed E-state index contributed by atoms with van der Waals surface area (Å²) in [5.74, 6) is -6.49. The van der Waals surface area contributed by atoms with E-state index >= 15 is 0 Å². The molecule has 0 aromatic rings. The average molecular weight is 516 g/mol. The van der Waals surface area contributed by atoms with Crippen LogP contribution in [0, 0.1) is 40.4 Å². The van der Waals surface area contributed by atoms with E-state index in [0.29, 0.717) is 13.0 Å². The van der Waals surface area contributed by atoms with Crippen molar-refractivity contribution in [2.24, 2.45) is 29.1 Å². The predicted molar refractivity (Wildman–Crippen MR) is 118 cm³/mol. The molecule has 2 aliphatic heterocycles. The number of piperidine rings is 1. The van der Waals surface area contributed by atoms with Gasteiger partial charge in [-0.25, -0.2) is 9.80 Å². The molecule has 3 rings (SSSR count). The summed E-state index contributed by atoms with van der Waals surface area (Å²) in [5.41, 5.74) is -0.421. The molecule has 0 aromatic carbocycles. The van der Waals surface area contributed by atoms with Gasteiger partial charge in [0.15, 0.2) is 0 Å². The van der Waals surface area contributed by atoms with Gasteiger partial charge in [0, 0.05) is 19.0 Å². The van der Waals surface area contributed by atoms with Crippen LogP contribution in [0.2, 0.25) is 0 Å². The number of hydrogen-bond acceptors (Lipinski definition) is 6. The number of nitrogens with one attached hydrogen (secondary N) is 2. The van der Waals surface area contributed by atoms with Crippen LogP contribution >= 0.6 is 0 Å². The highest BCUT2D eigenvalue weighted by molar-refractivity contribution is 5.89. The zero-order chi connectivity index (χ0) is 27.2.